The van der Waals surface area contributed by atoms with E-state index in [4.69, 9.17) is 0 Å². The summed E-state index contributed by atoms with van der Waals surface area (Å²) in [6.45, 7) is 7.23. The SMILES string of the molecule is CCCNc1cncc(Nc2cccc(C)c2C)n1. The summed E-state index contributed by atoms with van der Waals surface area (Å²) in [6, 6.07) is 6.19. The van der Waals surface area contributed by atoms with Crippen LogP contribution in [0, 0.1) is 13.8 Å². The van der Waals surface area contributed by atoms with Crippen molar-refractivity contribution in [1.29, 1.82) is 0 Å². The molecule has 0 atom stereocenters. The van der Waals surface area contributed by atoms with Crippen molar-refractivity contribution in [2.45, 2.75) is 27.2 Å². The van der Waals surface area contributed by atoms with Gasteiger partial charge in [-0.2, -0.15) is 0 Å². The minimum Gasteiger partial charge on any atom is -0.369 e. The normalized spacial score (nSPS) is 10.3. The summed E-state index contributed by atoms with van der Waals surface area (Å²) in [6.07, 6.45) is 4.54. The van der Waals surface area contributed by atoms with Crippen molar-refractivity contribution in [3.8, 4) is 0 Å². The highest BCUT2D eigenvalue weighted by molar-refractivity contribution is 5.62. The van der Waals surface area contributed by atoms with Gasteiger partial charge in [0.1, 0.15) is 5.82 Å². The first-order valence-corrected chi connectivity index (χ1v) is 6.60. The molecule has 0 saturated heterocycles. The van der Waals surface area contributed by atoms with E-state index in [0.29, 0.717) is 0 Å². The van der Waals surface area contributed by atoms with Gasteiger partial charge >= 0.3 is 0 Å². The lowest BCUT2D eigenvalue weighted by Crippen LogP contribution is -2.04. The minimum absolute atomic E-state index is 0.759. The molecule has 4 heteroatoms. The summed E-state index contributed by atoms with van der Waals surface area (Å²) in [5, 5.41) is 6.55. The highest BCUT2D eigenvalue weighted by Gasteiger charge is 2.03. The van der Waals surface area contributed by atoms with Gasteiger partial charge in [-0.1, -0.05) is 19.1 Å². The molecule has 19 heavy (non-hydrogen) atoms. The van der Waals surface area contributed by atoms with E-state index >= 15 is 0 Å². The molecule has 0 aliphatic rings. The molecule has 0 bridgehead atoms. The van der Waals surface area contributed by atoms with Crippen LogP contribution >= 0.6 is 0 Å². The smallest absolute Gasteiger partial charge is 0.151 e. The third kappa shape index (κ3) is 3.44. The van der Waals surface area contributed by atoms with E-state index in [0.717, 1.165) is 30.3 Å². The van der Waals surface area contributed by atoms with E-state index in [1.807, 2.05) is 6.07 Å². The third-order valence-electron chi connectivity index (χ3n) is 3.06. The van der Waals surface area contributed by atoms with E-state index in [2.05, 4.69) is 53.5 Å². The summed E-state index contributed by atoms with van der Waals surface area (Å²) < 4.78 is 0. The molecule has 1 heterocycles. The maximum Gasteiger partial charge on any atom is 0.151 e. The molecule has 0 aliphatic carbocycles. The third-order valence-corrected chi connectivity index (χ3v) is 3.06. The van der Waals surface area contributed by atoms with Gasteiger partial charge in [0.2, 0.25) is 0 Å². The molecule has 0 unspecified atom stereocenters. The van der Waals surface area contributed by atoms with Crippen LogP contribution in [0.2, 0.25) is 0 Å². The van der Waals surface area contributed by atoms with Crippen LogP contribution in [0.15, 0.2) is 30.6 Å². The Hall–Kier alpha value is -2.10. The Labute approximate surface area is 114 Å². The Balaban J connectivity index is 2.16. The molecular formula is C15H20N4. The summed E-state index contributed by atoms with van der Waals surface area (Å²) >= 11 is 0. The van der Waals surface area contributed by atoms with Crippen LogP contribution in [0.25, 0.3) is 0 Å². The number of nitrogens with zero attached hydrogens (tertiary/aromatic N) is 2. The Morgan fingerprint density at radius 2 is 1.89 bits per heavy atom. The van der Waals surface area contributed by atoms with Crippen molar-refractivity contribution < 1.29 is 0 Å². The van der Waals surface area contributed by atoms with Gasteiger partial charge in [0.15, 0.2) is 5.82 Å². The molecule has 2 N–H and O–H groups in total. The molecule has 2 rings (SSSR count). The van der Waals surface area contributed by atoms with Gasteiger partial charge in [0, 0.05) is 12.2 Å². The number of nitrogens with one attached hydrogen (secondary N) is 2. The predicted octanol–water partition coefficient (Wildman–Crippen LogP) is 3.66. The van der Waals surface area contributed by atoms with Gasteiger partial charge in [-0.05, 0) is 37.5 Å². The summed E-state index contributed by atoms with van der Waals surface area (Å²) in [5.41, 5.74) is 3.57. The number of aryl methyl sites for hydroxylation is 1. The van der Waals surface area contributed by atoms with E-state index < -0.39 is 0 Å². The zero-order valence-electron chi connectivity index (χ0n) is 11.7. The van der Waals surface area contributed by atoms with Crippen LogP contribution in [-0.4, -0.2) is 16.5 Å². The number of aromatic nitrogens is 2. The highest BCUT2D eigenvalue weighted by Crippen LogP contribution is 2.21. The van der Waals surface area contributed by atoms with Crippen molar-refractivity contribution in [1.82, 2.24) is 9.97 Å². The summed E-state index contributed by atoms with van der Waals surface area (Å²) in [4.78, 5) is 8.69. The molecule has 0 fully saturated rings. The second-order valence-corrected chi connectivity index (χ2v) is 4.59. The summed E-state index contributed by atoms with van der Waals surface area (Å²) in [5.74, 6) is 1.56. The molecule has 0 aliphatic heterocycles. The van der Waals surface area contributed by atoms with Crippen LogP contribution in [0.4, 0.5) is 17.3 Å². The monoisotopic (exact) mass is 256 g/mol. The van der Waals surface area contributed by atoms with Crippen molar-refractivity contribution in [2.24, 2.45) is 0 Å². The zero-order chi connectivity index (χ0) is 13.7. The van der Waals surface area contributed by atoms with E-state index in [-0.39, 0.29) is 0 Å². The van der Waals surface area contributed by atoms with E-state index in [1.165, 1.54) is 11.1 Å². The molecule has 0 saturated carbocycles. The van der Waals surface area contributed by atoms with Crippen LogP contribution < -0.4 is 10.6 Å². The number of anilines is 3. The van der Waals surface area contributed by atoms with Gasteiger partial charge in [-0.15, -0.1) is 0 Å². The fourth-order valence-corrected chi connectivity index (χ4v) is 1.79. The Morgan fingerprint density at radius 3 is 2.68 bits per heavy atom. The van der Waals surface area contributed by atoms with Crippen LogP contribution in [0.5, 0.6) is 0 Å². The standard InChI is InChI=1S/C15H20N4/c1-4-8-17-14-9-16-10-15(19-14)18-13-7-5-6-11(2)12(13)3/h5-7,9-10H,4,8H2,1-3H3,(H2,17,18,19). The molecule has 100 valence electrons. The first-order chi connectivity index (χ1) is 9.20. The van der Waals surface area contributed by atoms with Crippen molar-refractivity contribution in [3.05, 3.63) is 41.7 Å². The van der Waals surface area contributed by atoms with E-state index in [1.54, 1.807) is 12.4 Å². The van der Waals surface area contributed by atoms with E-state index in [9.17, 15) is 0 Å². The Morgan fingerprint density at radius 1 is 1.11 bits per heavy atom. The molecule has 0 spiro atoms. The number of hydrogen-bond acceptors (Lipinski definition) is 4. The molecule has 1 aromatic heterocycles. The number of benzene rings is 1. The maximum atomic E-state index is 4.49. The lowest BCUT2D eigenvalue weighted by Gasteiger charge is -2.11. The molecule has 2 aromatic rings. The van der Waals surface area contributed by atoms with Crippen molar-refractivity contribution in [2.75, 3.05) is 17.2 Å². The quantitative estimate of drug-likeness (QED) is 0.857. The molecule has 0 amide bonds. The van der Waals surface area contributed by atoms with Gasteiger partial charge in [0.25, 0.3) is 0 Å². The topological polar surface area (TPSA) is 49.8 Å². The molecule has 4 nitrogen and oxygen atoms in total. The van der Waals surface area contributed by atoms with Gasteiger partial charge in [-0.3, -0.25) is 4.98 Å². The molecule has 1 aromatic carbocycles. The van der Waals surface area contributed by atoms with Crippen LogP contribution in [0.1, 0.15) is 24.5 Å². The van der Waals surface area contributed by atoms with Crippen molar-refractivity contribution >= 4 is 17.3 Å². The van der Waals surface area contributed by atoms with Crippen LogP contribution in [0.3, 0.4) is 0 Å². The fraction of sp³-hybridized carbons (Fsp3) is 0.333. The lowest BCUT2D eigenvalue weighted by atomic mass is 10.1. The second-order valence-electron chi connectivity index (χ2n) is 4.59. The average molecular weight is 256 g/mol. The maximum absolute atomic E-state index is 4.49. The second kappa shape index (κ2) is 6.18. The largest absolute Gasteiger partial charge is 0.369 e. The number of hydrogen-bond donors (Lipinski definition) is 2. The Bertz CT molecular complexity index is 552. The van der Waals surface area contributed by atoms with Gasteiger partial charge in [-0.25, -0.2) is 4.98 Å². The predicted molar refractivity (Wildman–Crippen MR) is 80.0 cm³/mol. The summed E-state index contributed by atoms with van der Waals surface area (Å²) in [7, 11) is 0. The minimum atomic E-state index is 0.759. The van der Waals surface area contributed by atoms with Gasteiger partial charge < -0.3 is 10.6 Å². The average Bonchev–Trinajstić information content (AvgIpc) is 2.42. The molecule has 0 radical (unpaired) electrons. The number of rotatable bonds is 5. The van der Waals surface area contributed by atoms with Crippen LogP contribution in [-0.2, 0) is 0 Å². The lowest BCUT2D eigenvalue weighted by molar-refractivity contribution is 0.965. The zero-order valence-corrected chi connectivity index (χ0v) is 11.7. The van der Waals surface area contributed by atoms with Crippen molar-refractivity contribution in [3.63, 3.8) is 0 Å². The fourth-order valence-electron chi connectivity index (χ4n) is 1.79. The van der Waals surface area contributed by atoms with Gasteiger partial charge in [0.05, 0.1) is 12.4 Å². The first-order valence-electron chi connectivity index (χ1n) is 6.60. The first kappa shape index (κ1) is 13.3. The highest BCUT2D eigenvalue weighted by atomic mass is 15.1. The molecular weight excluding hydrogens is 236 g/mol. The Kier molecular flexibility index (Phi) is 4.34.